The van der Waals surface area contributed by atoms with Gasteiger partial charge in [-0.2, -0.15) is 9.97 Å². The average Bonchev–Trinajstić information content (AvgIpc) is 3.63. The molecule has 2 aliphatic heterocycles. The van der Waals surface area contributed by atoms with Crippen LogP contribution in [0.3, 0.4) is 0 Å². The van der Waals surface area contributed by atoms with Crippen molar-refractivity contribution in [3.05, 3.63) is 47.9 Å². The summed E-state index contributed by atoms with van der Waals surface area (Å²) in [6, 6.07) is 10.0. The summed E-state index contributed by atoms with van der Waals surface area (Å²) in [4.78, 5) is 23.8. The molecule has 1 aliphatic carbocycles. The summed E-state index contributed by atoms with van der Waals surface area (Å²) < 4.78 is 21.0. The molecule has 0 spiro atoms. The van der Waals surface area contributed by atoms with Crippen LogP contribution in [0.15, 0.2) is 36.5 Å². The molecule has 3 fully saturated rings. The van der Waals surface area contributed by atoms with Gasteiger partial charge < -0.3 is 19.9 Å². The highest BCUT2D eigenvalue weighted by Gasteiger charge is 2.44. The van der Waals surface area contributed by atoms with Crippen molar-refractivity contribution >= 4 is 27.6 Å². The molecule has 8 nitrogen and oxygen atoms in total. The molecule has 2 unspecified atom stereocenters. The third-order valence-electron chi connectivity index (χ3n) is 8.42. The molecule has 0 radical (unpaired) electrons. The van der Waals surface area contributed by atoms with Crippen LogP contribution in [0.4, 0.5) is 10.2 Å². The van der Waals surface area contributed by atoms with Gasteiger partial charge in [-0.25, -0.2) is 14.4 Å². The van der Waals surface area contributed by atoms with Gasteiger partial charge in [-0.1, -0.05) is 30.2 Å². The van der Waals surface area contributed by atoms with E-state index >= 15 is 0 Å². The quantitative estimate of drug-likeness (QED) is 0.354. The summed E-state index contributed by atoms with van der Waals surface area (Å²) in [6.07, 6.45) is 12.1. The van der Waals surface area contributed by atoms with Crippen molar-refractivity contribution in [2.24, 2.45) is 5.41 Å². The van der Waals surface area contributed by atoms with Crippen molar-refractivity contribution in [2.45, 2.75) is 37.8 Å². The second-order valence-electron chi connectivity index (χ2n) is 11.8. The lowest BCUT2D eigenvalue weighted by molar-refractivity contribution is 0.183. The highest BCUT2D eigenvalue weighted by atomic mass is 19.1. The molecule has 2 atom stereocenters. The molecule has 204 valence electrons. The molecule has 2 saturated heterocycles. The van der Waals surface area contributed by atoms with Crippen LogP contribution in [-0.4, -0.2) is 77.3 Å². The molecule has 9 heteroatoms. The van der Waals surface area contributed by atoms with E-state index < -0.39 is 5.82 Å². The van der Waals surface area contributed by atoms with Gasteiger partial charge in [0, 0.05) is 54.3 Å². The number of fused-ring (bicyclic) bond motifs is 4. The third kappa shape index (κ3) is 4.51. The van der Waals surface area contributed by atoms with Gasteiger partial charge in [-0.15, -0.1) is 6.42 Å². The van der Waals surface area contributed by atoms with Gasteiger partial charge in [-0.05, 0) is 51.2 Å². The first-order valence-electron chi connectivity index (χ1n) is 13.9. The predicted octanol–water partition coefficient (Wildman–Crippen LogP) is 4.02. The number of anilines is 1. The Labute approximate surface area is 233 Å². The van der Waals surface area contributed by atoms with Gasteiger partial charge >= 0.3 is 6.01 Å². The summed E-state index contributed by atoms with van der Waals surface area (Å²) in [7, 11) is 4.18. The van der Waals surface area contributed by atoms with E-state index in [2.05, 4.69) is 35.1 Å². The molecule has 4 aromatic rings. The first kappa shape index (κ1) is 25.1. The number of hydrogen-bond donors (Lipinski definition) is 1. The Balaban J connectivity index is 1.33. The van der Waals surface area contributed by atoms with Crippen LogP contribution in [0.2, 0.25) is 0 Å². The van der Waals surface area contributed by atoms with E-state index in [0.29, 0.717) is 47.1 Å². The average molecular weight is 538 g/mol. The molecular weight excluding hydrogens is 505 g/mol. The van der Waals surface area contributed by atoms with Gasteiger partial charge in [0.05, 0.1) is 17.6 Å². The lowest BCUT2D eigenvalue weighted by Gasteiger charge is -2.34. The number of halogens is 1. The van der Waals surface area contributed by atoms with Crippen LogP contribution in [-0.2, 0) is 0 Å². The fourth-order valence-corrected chi connectivity index (χ4v) is 6.38. The third-order valence-corrected chi connectivity index (χ3v) is 8.42. The predicted molar refractivity (Wildman–Crippen MR) is 154 cm³/mol. The Morgan fingerprint density at radius 1 is 1.12 bits per heavy atom. The van der Waals surface area contributed by atoms with Crippen LogP contribution in [0.5, 0.6) is 6.01 Å². The van der Waals surface area contributed by atoms with E-state index in [9.17, 15) is 4.39 Å². The van der Waals surface area contributed by atoms with E-state index in [4.69, 9.17) is 31.1 Å². The molecule has 3 aliphatic rings. The minimum absolute atomic E-state index is 0.144. The summed E-state index contributed by atoms with van der Waals surface area (Å²) in [6.45, 7) is 3.26. The smallest absolute Gasteiger partial charge is 0.320 e. The van der Waals surface area contributed by atoms with E-state index in [1.54, 1.807) is 12.3 Å². The maximum absolute atomic E-state index is 14.7. The van der Waals surface area contributed by atoms with Crippen molar-refractivity contribution in [3.8, 4) is 29.7 Å². The standard InChI is InChI=1S/C31H32FN7O/c1-4-22-25(32)11-8-19-6-5-7-23(26(19)22)27-33-14-24-28(35-27)36-30(40-18-31(12-13-31)17-38(2)3)37-29(24)39-15-20-9-10-21(16-39)34-20/h1,5-8,11,14,20-21,34H,9-10,12-13,15-18H2,2-3H3. The first-order valence-corrected chi connectivity index (χ1v) is 13.9. The number of terminal acetylenes is 1. The SMILES string of the molecule is C#Cc1c(F)ccc2cccc(-c3ncc4c(N5CC6CCC(C5)N6)nc(OCC5(CN(C)C)CC5)nc4n3)c12. The Morgan fingerprint density at radius 2 is 1.93 bits per heavy atom. The van der Waals surface area contributed by atoms with Crippen molar-refractivity contribution in [1.29, 1.82) is 0 Å². The number of rotatable bonds is 7. The number of nitrogens with one attached hydrogen (secondary N) is 1. The van der Waals surface area contributed by atoms with Crippen LogP contribution in [0.25, 0.3) is 33.2 Å². The molecule has 4 heterocycles. The molecule has 1 saturated carbocycles. The van der Waals surface area contributed by atoms with Gasteiger partial charge in [0.25, 0.3) is 0 Å². The summed E-state index contributed by atoms with van der Waals surface area (Å²) in [5.74, 6) is 3.31. The Bertz CT molecular complexity index is 1650. The molecule has 1 N–H and O–H groups in total. The number of ether oxygens (including phenoxy) is 1. The van der Waals surface area contributed by atoms with Gasteiger partial charge in [0.15, 0.2) is 11.5 Å². The van der Waals surface area contributed by atoms with Crippen molar-refractivity contribution < 1.29 is 9.13 Å². The normalized spacial score (nSPS) is 21.2. The molecule has 0 amide bonds. The van der Waals surface area contributed by atoms with Gasteiger partial charge in [-0.3, -0.25) is 0 Å². The van der Waals surface area contributed by atoms with Crippen molar-refractivity contribution in [2.75, 3.05) is 45.2 Å². The Morgan fingerprint density at radius 3 is 2.65 bits per heavy atom. The zero-order valence-corrected chi connectivity index (χ0v) is 22.8. The van der Waals surface area contributed by atoms with Crippen LogP contribution < -0.4 is 15.0 Å². The van der Waals surface area contributed by atoms with Gasteiger partial charge in [0.1, 0.15) is 11.6 Å². The lowest BCUT2D eigenvalue weighted by Crippen LogP contribution is -2.51. The zero-order chi connectivity index (χ0) is 27.4. The van der Waals surface area contributed by atoms with Crippen LogP contribution in [0, 0.1) is 23.6 Å². The number of hydrogen-bond acceptors (Lipinski definition) is 8. The van der Waals surface area contributed by atoms with E-state index in [-0.39, 0.29) is 11.0 Å². The maximum Gasteiger partial charge on any atom is 0.320 e. The summed E-state index contributed by atoms with van der Waals surface area (Å²) >= 11 is 0. The lowest BCUT2D eigenvalue weighted by atomic mass is 9.98. The number of benzene rings is 2. The van der Waals surface area contributed by atoms with Crippen molar-refractivity contribution in [3.63, 3.8) is 0 Å². The number of piperazine rings is 1. The largest absolute Gasteiger partial charge is 0.463 e. The monoisotopic (exact) mass is 537 g/mol. The first-order chi connectivity index (χ1) is 19.4. The van der Waals surface area contributed by atoms with Crippen LogP contribution in [0.1, 0.15) is 31.2 Å². The maximum atomic E-state index is 14.7. The number of nitrogens with zero attached hydrogens (tertiary/aromatic N) is 6. The second-order valence-corrected chi connectivity index (χ2v) is 11.8. The van der Waals surface area contributed by atoms with Crippen LogP contribution >= 0.6 is 0 Å². The minimum atomic E-state index is -0.441. The molecule has 2 aromatic heterocycles. The summed E-state index contributed by atoms with van der Waals surface area (Å²) in [5, 5.41) is 5.91. The molecule has 40 heavy (non-hydrogen) atoms. The Hall–Kier alpha value is -3.87. The zero-order valence-electron chi connectivity index (χ0n) is 22.8. The fraction of sp³-hybridized carbons (Fsp3) is 0.419. The summed E-state index contributed by atoms with van der Waals surface area (Å²) in [5.41, 5.74) is 1.52. The second kappa shape index (κ2) is 9.65. The van der Waals surface area contributed by atoms with Gasteiger partial charge in [0.2, 0.25) is 0 Å². The van der Waals surface area contributed by atoms with E-state index in [1.807, 2.05) is 18.2 Å². The molecule has 7 rings (SSSR count). The van der Waals surface area contributed by atoms with Crippen molar-refractivity contribution in [1.82, 2.24) is 30.2 Å². The molecule has 2 aromatic carbocycles. The van der Waals surface area contributed by atoms with E-state index in [0.717, 1.165) is 61.9 Å². The Kier molecular flexibility index (Phi) is 6.06. The highest BCUT2D eigenvalue weighted by molar-refractivity contribution is 6.00. The van der Waals surface area contributed by atoms with E-state index in [1.165, 1.54) is 6.07 Å². The minimum Gasteiger partial charge on any atom is -0.463 e. The molecule has 2 bridgehead atoms. The fourth-order valence-electron chi connectivity index (χ4n) is 6.38. The highest BCUT2D eigenvalue weighted by Crippen LogP contribution is 2.46. The molecular formula is C31H32FN7O. The number of aromatic nitrogens is 4. The topological polar surface area (TPSA) is 79.3 Å².